The second kappa shape index (κ2) is 9.27. The molecule has 3 aromatic carbocycles. The largest absolute Gasteiger partial charge is 0.497 e. The standard InChI is InChI=1S/C26H26N2O7/c1-16(29)27(17-10-12-18(33-4)13-11-17)21-14-20-23(15-22(21)28(31)32)35-26(2,3)25(30)24(20)34-19-8-6-5-7-9-19/h5-15,24-25,30H,1-4H3/t24-,25+/m0/s1. The summed E-state index contributed by atoms with van der Waals surface area (Å²) in [6.45, 7) is 4.68. The monoisotopic (exact) mass is 478 g/mol. The Morgan fingerprint density at radius 2 is 1.74 bits per heavy atom. The van der Waals surface area contributed by atoms with Gasteiger partial charge in [0.15, 0.2) is 6.10 Å². The molecule has 1 amide bonds. The molecule has 9 nitrogen and oxygen atoms in total. The van der Waals surface area contributed by atoms with Gasteiger partial charge in [-0.1, -0.05) is 18.2 Å². The first kappa shape index (κ1) is 24.0. The Balaban J connectivity index is 1.90. The van der Waals surface area contributed by atoms with Crippen LogP contribution in [0, 0.1) is 10.1 Å². The van der Waals surface area contributed by atoms with E-state index < -0.39 is 28.6 Å². The zero-order valence-electron chi connectivity index (χ0n) is 19.8. The smallest absolute Gasteiger partial charge is 0.297 e. The van der Waals surface area contributed by atoms with Crippen molar-refractivity contribution in [1.82, 2.24) is 0 Å². The third-order valence-electron chi connectivity index (χ3n) is 5.87. The van der Waals surface area contributed by atoms with Crippen molar-refractivity contribution >= 4 is 23.0 Å². The normalized spacial score (nSPS) is 18.1. The molecule has 0 spiro atoms. The first-order valence-corrected chi connectivity index (χ1v) is 11.0. The fourth-order valence-corrected chi connectivity index (χ4v) is 4.08. The highest BCUT2D eigenvalue weighted by atomic mass is 16.6. The van der Waals surface area contributed by atoms with Crippen molar-refractivity contribution in [3.8, 4) is 17.2 Å². The molecule has 4 rings (SSSR count). The molecule has 1 aliphatic heterocycles. The predicted molar refractivity (Wildman–Crippen MR) is 129 cm³/mol. The molecule has 182 valence electrons. The summed E-state index contributed by atoms with van der Waals surface area (Å²) in [7, 11) is 1.52. The molecule has 1 N–H and O–H groups in total. The second-order valence-electron chi connectivity index (χ2n) is 8.69. The third kappa shape index (κ3) is 4.63. The van der Waals surface area contributed by atoms with E-state index in [2.05, 4.69) is 0 Å². The van der Waals surface area contributed by atoms with Gasteiger partial charge in [-0.3, -0.25) is 19.8 Å². The molecule has 0 unspecified atom stereocenters. The second-order valence-corrected chi connectivity index (χ2v) is 8.69. The van der Waals surface area contributed by atoms with E-state index in [9.17, 15) is 20.0 Å². The van der Waals surface area contributed by atoms with Crippen LogP contribution in [0.25, 0.3) is 0 Å². The lowest BCUT2D eigenvalue weighted by molar-refractivity contribution is -0.384. The summed E-state index contributed by atoms with van der Waals surface area (Å²) in [4.78, 5) is 25.5. The van der Waals surface area contributed by atoms with Crippen molar-refractivity contribution in [2.45, 2.75) is 38.6 Å². The molecular weight excluding hydrogens is 452 g/mol. The summed E-state index contributed by atoms with van der Waals surface area (Å²) in [6.07, 6.45) is -2.00. The van der Waals surface area contributed by atoms with Crippen LogP contribution in [0.3, 0.4) is 0 Å². The Morgan fingerprint density at radius 3 is 2.31 bits per heavy atom. The van der Waals surface area contributed by atoms with Crippen LogP contribution in [0.15, 0.2) is 66.7 Å². The van der Waals surface area contributed by atoms with Crippen molar-refractivity contribution < 1.29 is 29.0 Å². The SMILES string of the molecule is COc1ccc(N(C(C)=O)c2cc3c(cc2[N+](=O)[O-])OC(C)(C)[C@H](O)[C@H]3Oc2ccccc2)cc1. The van der Waals surface area contributed by atoms with Crippen LogP contribution in [0.1, 0.15) is 32.4 Å². The topological polar surface area (TPSA) is 111 Å². The maximum Gasteiger partial charge on any atom is 0.297 e. The number of carbonyl (C=O) groups is 1. The van der Waals surface area contributed by atoms with Crippen molar-refractivity contribution in [3.63, 3.8) is 0 Å². The molecule has 1 heterocycles. The van der Waals surface area contributed by atoms with Crippen LogP contribution < -0.4 is 19.1 Å². The Labute approximate surface area is 202 Å². The predicted octanol–water partition coefficient (Wildman–Crippen LogP) is 4.94. The number of amides is 1. The zero-order chi connectivity index (χ0) is 25.3. The number of para-hydroxylation sites is 1. The molecule has 35 heavy (non-hydrogen) atoms. The molecule has 2 atom stereocenters. The van der Waals surface area contributed by atoms with Crippen LogP contribution in [-0.4, -0.2) is 34.8 Å². The number of hydrogen-bond acceptors (Lipinski definition) is 7. The Hall–Kier alpha value is -4.11. The van der Waals surface area contributed by atoms with Gasteiger partial charge in [-0.25, -0.2) is 0 Å². The number of methoxy groups -OCH3 is 1. The van der Waals surface area contributed by atoms with Crippen LogP contribution in [0.4, 0.5) is 17.1 Å². The Morgan fingerprint density at radius 1 is 1.09 bits per heavy atom. The van der Waals surface area contributed by atoms with Gasteiger partial charge >= 0.3 is 0 Å². The molecule has 0 saturated carbocycles. The molecule has 0 aromatic heterocycles. The number of fused-ring (bicyclic) bond motifs is 1. The van der Waals surface area contributed by atoms with Crippen LogP contribution in [-0.2, 0) is 4.79 Å². The van der Waals surface area contributed by atoms with E-state index in [1.165, 1.54) is 31.1 Å². The number of anilines is 2. The molecule has 0 aliphatic carbocycles. The molecule has 0 radical (unpaired) electrons. The fraction of sp³-hybridized carbons (Fsp3) is 0.269. The van der Waals surface area contributed by atoms with E-state index in [-0.39, 0.29) is 17.1 Å². The van der Waals surface area contributed by atoms with Gasteiger partial charge < -0.3 is 19.3 Å². The van der Waals surface area contributed by atoms with Crippen LogP contribution in [0.5, 0.6) is 17.2 Å². The van der Waals surface area contributed by atoms with Gasteiger partial charge in [0.1, 0.15) is 34.6 Å². The molecule has 0 bridgehead atoms. The maximum atomic E-state index is 12.7. The number of rotatable bonds is 6. The first-order chi connectivity index (χ1) is 16.6. The van der Waals surface area contributed by atoms with Gasteiger partial charge in [0.2, 0.25) is 5.91 Å². The van der Waals surface area contributed by atoms with Gasteiger partial charge in [-0.15, -0.1) is 0 Å². The lowest BCUT2D eigenvalue weighted by Gasteiger charge is -2.42. The number of hydrogen-bond donors (Lipinski definition) is 1. The summed E-state index contributed by atoms with van der Waals surface area (Å²) in [6, 6.07) is 18.3. The van der Waals surface area contributed by atoms with Gasteiger partial charge in [0.25, 0.3) is 5.69 Å². The van der Waals surface area contributed by atoms with E-state index in [0.717, 1.165) is 0 Å². The number of aliphatic hydroxyl groups is 1. The van der Waals surface area contributed by atoms with E-state index in [0.29, 0.717) is 22.7 Å². The summed E-state index contributed by atoms with van der Waals surface area (Å²) in [5, 5.41) is 23.2. The lowest BCUT2D eigenvalue weighted by atomic mass is 9.87. The van der Waals surface area contributed by atoms with E-state index in [1.54, 1.807) is 62.4 Å². The van der Waals surface area contributed by atoms with E-state index >= 15 is 0 Å². The summed E-state index contributed by atoms with van der Waals surface area (Å²) in [5.74, 6) is 0.859. The number of benzene rings is 3. The first-order valence-electron chi connectivity index (χ1n) is 11.0. The van der Waals surface area contributed by atoms with Gasteiger partial charge in [-0.05, 0) is 56.3 Å². The highest BCUT2D eigenvalue weighted by Gasteiger charge is 2.46. The van der Waals surface area contributed by atoms with Crippen molar-refractivity contribution in [2.24, 2.45) is 0 Å². The van der Waals surface area contributed by atoms with Gasteiger partial charge in [-0.2, -0.15) is 0 Å². The minimum Gasteiger partial charge on any atom is -0.497 e. The van der Waals surface area contributed by atoms with Crippen molar-refractivity contribution in [3.05, 3.63) is 82.4 Å². The fourth-order valence-electron chi connectivity index (χ4n) is 4.08. The van der Waals surface area contributed by atoms with Crippen molar-refractivity contribution in [2.75, 3.05) is 12.0 Å². The van der Waals surface area contributed by atoms with Crippen molar-refractivity contribution in [1.29, 1.82) is 0 Å². The van der Waals surface area contributed by atoms with Gasteiger partial charge in [0.05, 0.1) is 18.1 Å². The highest BCUT2D eigenvalue weighted by Crippen LogP contribution is 2.47. The average Bonchev–Trinajstić information content (AvgIpc) is 2.82. The quantitative estimate of drug-likeness (QED) is 0.394. The average molecular weight is 479 g/mol. The maximum absolute atomic E-state index is 12.7. The number of nitro benzene ring substituents is 1. The number of nitrogens with zero attached hydrogens (tertiary/aromatic N) is 2. The minimum atomic E-state index is -1.10. The molecular formula is C26H26N2O7. The van der Waals surface area contributed by atoms with E-state index in [1.807, 2.05) is 6.07 Å². The lowest BCUT2D eigenvalue weighted by Crippen LogP contribution is -2.50. The third-order valence-corrected chi connectivity index (χ3v) is 5.87. The van der Waals surface area contributed by atoms with Crippen LogP contribution >= 0.6 is 0 Å². The number of carbonyl (C=O) groups excluding carboxylic acids is 1. The molecule has 1 aliphatic rings. The number of nitro groups is 1. The number of aliphatic hydroxyl groups excluding tert-OH is 1. The van der Waals surface area contributed by atoms with E-state index in [4.69, 9.17) is 14.2 Å². The Bertz CT molecular complexity index is 1240. The zero-order valence-corrected chi connectivity index (χ0v) is 19.8. The van der Waals surface area contributed by atoms with Crippen LogP contribution in [0.2, 0.25) is 0 Å². The van der Waals surface area contributed by atoms with Gasteiger partial charge in [0, 0.05) is 18.2 Å². The minimum absolute atomic E-state index is 0.0311. The molecule has 9 heteroatoms. The summed E-state index contributed by atoms with van der Waals surface area (Å²) in [5.41, 5.74) is -0.567. The number of ether oxygens (including phenoxy) is 3. The highest BCUT2D eigenvalue weighted by molar-refractivity contribution is 6.01. The molecule has 3 aromatic rings. The summed E-state index contributed by atoms with van der Waals surface area (Å²) >= 11 is 0. The molecule has 0 saturated heterocycles. The Kier molecular flexibility index (Phi) is 6.36. The summed E-state index contributed by atoms with van der Waals surface area (Å²) < 4.78 is 17.3. The molecule has 0 fully saturated rings.